The van der Waals surface area contributed by atoms with Crippen LogP contribution in [0, 0.1) is 0 Å². The summed E-state index contributed by atoms with van der Waals surface area (Å²) in [6.07, 6.45) is 3.70. The van der Waals surface area contributed by atoms with Gasteiger partial charge in [0.25, 0.3) is 0 Å². The summed E-state index contributed by atoms with van der Waals surface area (Å²) < 4.78 is 3.78. The number of fused-ring (bicyclic) bond motifs is 1. The van der Waals surface area contributed by atoms with Crippen LogP contribution >= 0.6 is 0 Å². The topological polar surface area (TPSA) is 61.7 Å². The number of nitrogens with two attached hydrogens (primary N) is 1. The minimum Gasteiger partial charge on any atom is -0.330 e. The van der Waals surface area contributed by atoms with Gasteiger partial charge < -0.3 is 10.3 Å². The number of para-hydroxylation sites is 2. The number of imidazole rings is 1. The Hall–Kier alpha value is -2.14. The number of nitrogens with zero attached hydrogens (tertiary/aromatic N) is 4. The van der Waals surface area contributed by atoms with Crippen molar-refractivity contribution in [1.82, 2.24) is 19.3 Å². The Balaban J connectivity index is 2.11. The van der Waals surface area contributed by atoms with Crippen LogP contribution < -0.4 is 5.73 Å². The average Bonchev–Trinajstić information content (AvgIpc) is 2.94. The Morgan fingerprint density at radius 1 is 1.22 bits per heavy atom. The van der Waals surface area contributed by atoms with Crippen LogP contribution in [0.3, 0.4) is 0 Å². The van der Waals surface area contributed by atoms with Crippen molar-refractivity contribution in [2.75, 3.05) is 0 Å². The van der Waals surface area contributed by atoms with Crippen LogP contribution in [0.25, 0.3) is 11.0 Å². The number of hydrogen-bond donors (Lipinski definition) is 1. The highest BCUT2D eigenvalue weighted by Gasteiger charge is 2.17. The zero-order valence-corrected chi connectivity index (χ0v) is 10.4. The van der Waals surface area contributed by atoms with Gasteiger partial charge in [0.2, 0.25) is 0 Å². The predicted octanol–water partition coefficient (Wildman–Crippen LogP) is 1.35. The quantitative estimate of drug-likeness (QED) is 0.736. The molecule has 3 aromatic rings. The maximum atomic E-state index is 6.26. The van der Waals surface area contributed by atoms with Crippen molar-refractivity contribution in [1.29, 1.82) is 0 Å². The third kappa shape index (κ3) is 1.60. The van der Waals surface area contributed by atoms with E-state index in [4.69, 9.17) is 5.73 Å². The molecule has 0 bridgehead atoms. The first-order chi connectivity index (χ1) is 8.66. The van der Waals surface area contributed by atoms with Crippen LogP contribution in [-0.4, -0.2) is 19.3 Å². The van der Waals surface area contributed by atoms with E-state index in [9.17, 15) is 0 Å². The van der Waals surface area contributed by atoms with Crippen LogP contribution in [-0.2, 0) is 14.1 Å². The van der Waals surface area contributed by atoms with Crippen molar-refractivity contribution in [3.8, 4) is 0 Å². The van der Waals surface area contributed by atoms with E-state index in [1.54, 1.807) is 10.9 Å². The van der Waals surface area contributed by atoms with Crippen LogP contribution in [0.15, 0.2) is 36.7 Å². The molecule has 0 saturated carbocycles. The first-order valence-electron chi connectivity index (χ1n) is 5.82. The molecular weight excluding hydrogens is 226 g/mol. The van der Waals surface area contributed by atoms with Gasteiger partial charge in [0, 0.05) is 25.9 Å². The monoisotopic (exact) mass is 241 g/mol. The lowest BCUT2D eigenvalue weighted by Crippen LogP contribution is -2.16. The third-order valence-corrected chi connectivity index (χ3v) is 3.18. The van der Waals surface area contributed by atoms with Gasteiger partial charge in [-0.05, 0) is 12.1 Å². The molecule has 1 atom stereocenters. The minimum absolute atomic E-state index is 0.254. The van der Waals surface area contributed by atoms with Crippen molar-refractivity contribution in [2.45, 2.75) is 6.04 Å². The molecule has 2 heterocycles. The van der Waals surface area contributed by atoms with Crippen molar-refractivity contribution in [3.63, 3.8) is 0 Å². The molecule has 0 aliphatic heterocycles. The van der Waals surface area contributed by atoms with Gasteiger partial charge in [-0.2, -0.15) is 5.10 Å². The van der Waals surface area contributed by atoms with Gasteiger partial charge in [0.1, 0.15) is 5.82 Å². The molecule has 0 aliphatic rings. The molecule has 0 amide bonds. The largest absolute Gasteiger partial charge is 0.330 e. The lowest BCUT2D eigenvalue weighted by atomic mass is 10.1. The molecule has 1 unspecified atom stereocenters. The van der Waals surface area contributed by atoms with Crippen LogP contribution in [0.2, 0.25) is 0 Å². The Bertz CT molecular complexity index is 694. The predicted molar refractivity (Wildman–Crippen MR) is 70.0 cm³/mol. The summed E-state index contributed by atoms with van der Waals surface area (Å²) >= 11 is 0. The minimum atomic E-state index is -0.254. The molecule has 0 radical (unpaired) electrons. The second-order valence-corrected chi connectivity index (χ2v) is 4.44. The SMILES string of the molecule is Cn1cc(C(N)c2nc3ccccc3n2C)cn1. The molecule has 2 aromatic heterocycles. The van der Waals surface area contributed by atoms with Crippen molar-refractivity contribution in [2.24, 2.45) is 19.8 Å². The smallest absolute Gasteiger partial charge is 0.131 e. The third-order valence-electron chi connectivity index (χ3n) is 3.18. The Labute approximate surface area is 105 Å². The standard InChI is InChI=1S/C13H15N5/c1-17-8-9(7-15-17)12(14)13-16-10-5-3-4-6-11(10)18(13)2/h3-8,12H,14H2,1-2H3. The van der Waals surface area contributed by atoms with E-state index in [0.29, 0.717) is 0 Å². The van der Waals surface area contributed by atoms with Crippen LogP contribution in [0.1, 0.15) is 17.4 Å². The Morgan fingerprint density at radius 2 is 2.00 bits per heavy atom. The van der Waals surface area contributed by atoms with E-state index < -0.39 is 0 Å². The molecule has 2 N–H and O–H groups in total. The summed E-state index contributed by atoms with van der Waals surface area (Å²) in [6, 6.07) is 7.77. The molecule has 5 nitrogen and oxygen atoms in total. The number of aryl methyl sites for hydroxylation is 2. The van der Waals surface area contributed by atoms with Crippen LogP contribution in [0.4, 0.5) is 0 Å². The highest BCUT2D eigenvalue weighted by Crippen LogP contribution is 2.22. The maximum absolute atomic E-state index is 6.26. The van der Waals surface area contributed by atoms with Gasteiger partial charge in [-0.3, -0.25) is 4.68 Å². The molecule has 92 valence electrons. The first kappa shape index (κ1) is 11.0. The van der Waals surface area contributed by atoms with E-state index in [1.165, 1.54) is 0 Å². The van der Waals surface area contributed by atoms with Crippen molar-refractivity contribution < 1.29 is 0 Å². The summed E-state index contributed by atoms with van der Waals surface area (Å²) in [4.78, 5) is 4.60. The highest BCUT2D eigenvalue weighted by molar-refractivity contribution is 5.76. The molecule has 18 heavy (non-hydrogen) atoms. The zero-order valence-electron chi connectivity index (χ0n) is 10.4. The molecule has 0 fully saturated rings. The van der Waals surface area contributed by atoms with E-state index in [0.717, 1.165) is 22.4 Å². The lowest BCUT2D eigenvalue weighted by Gasteiger charge is -2.09. The zero-order chi connectivity index (χ0) is 12.7. The molecule has 0 spiro atoms. The normalized spacial score (nSPS) is 13.1. The summed E-state index contributed by atoms with van der Waals surface area (Å²) in [5.41, 5.74) is 9.28. The molecule has 0 aliphatic carbocycles. The molecule has 0 saturated heterocycles. The number of rotatable bonds is 2. The van der Waals surface area contributed by atoms with E-state index >= 15 is 0 Å². The van der Waals surface area contributed by atoms with Crippen molar-refractivity contribution in [3.05, 3.63) is 48.0 Å². The van der Waals surface area contributed by atoms with Gasteiger partial charge in [-0.15, -0.1) is 0 Å². The molecule has 1 aromatic carbocycles. The van der Waals surface area contributed by atoms with Gasteiger partial charge in [0.05, 0.1) is 23.3 Å². The van der Waals surface area contributed by atoms with E-state index in [1.807, 2.05) is 49.1 Å². The Morgan fingerprint density at radius 3 is 2.67 bits per heavy atom. The molecular formula is C13H15N5. The fourth-order valence-electron chi connectivity index (χ4n) is 2.19. The number of aromatic nitrogens is 4. The summed E-state index contributed by atoms with van der Waals surface area (Å²) in [7, 11) is 3.87. The first-order valence-corrected chi connectivity index (χ1v) is 5.82. The molecule has 5 heteroatoms. The highest BCUT2D eigenvalue weighted by atomic mass is 15.2. The Kier molecular flexibility index (Phi) is 2.41. The summed E-state index contributed by atoms with van der Waals surface area (Å²) in [5, 5.41) is 4.15. The summed E-state index contributed by atoms with van der Waals surface area (Å²) in [6.45, 7) is 0. The molecule has 3 rings (SSSR count). The van der Waals surface area contributed by atoms with Gasteiger partial charge >= 0.3 is 0 Å². The van der Waals surface area contributed by atoms with Crippen molar-refractivity contribution >= 4 is 11.0 Å². The van der Waals surface area contributed by atoms with Crippen LogP contribution in [0.5, 0.6) is 0 Å². The average molecular weight is 241 g/mol. The number of benzene rings is 1. The second kappa shape index (κ2) is 3.96. The van der Waals surface area contributed by atoms with Gasteiger partial charge in [0.15, 0.2) is 0 Å². The van der Waals surface area contributed by atoms with E-state index in [-0.39, 0.29) is 6.04 Å². The van der Waals surface area contributed by atoms with E-state index in [2.05, 4.69) is 10.1 Å². The van der Waals surface area contributed by atoms with Gasteiger partial charge in [-0.1, -0.05) is 12.1 Å². The fraction of sp³-hybridized carbons (Fsp3) is 0.231. The second-order valence-electron chi connectivity index (χ2n) is 4.44. The maximum Gasteiger partial charge on any atom is 0.131 e. The van der Waals surface area contributed by atoms with Gasteiger partial charge in [-0.25, -0.2) is 4.98 Å². The summed E-state index contributed by atoms with van der Waals surface area (Å²) in [5.74, 6) is 0.851. The lowest BCUT2D eigenvalue weighted by molar-refractivity contribution is 0.724. The fourth-order valence-corrected chi connectivity index (χ4v) is 2.19. The number of hydrogen-bond acceptors (Lipinski definition) is 3.